The predicted octanol–water partition coefficient (Wildman–Crippen LogP) is 2.80. The van der Waals surface area contributed by atoms with Crippen molar-refractivity contribution >= 4 is 23.2 Å². The molecule has 0 aliphatic rings. The second-order valence-corrected chi connectivity index (χ2v) is 4.26. The molecule has 3 nitrogen and oxygen atoms in total. The maximum atomic E-state index is 11.9. The second kappa shape index (κ2) is 5.32. The summed E-state index contributed by atoms with van der Waals surface area (Å²) in [5.74, 6) is -0.167. The molecular weight excluding hydrogens is 224 g/mol. The highest BCUT2D eigenvalue weighted by Crippen LogP contribution is 2.18. The third kappa shape index (κ3) is 2.97. The largest absolute Gasteiger partial charge is 0.324 e. The lowest BCUT2D eigenvalue weighted by atomic mass is 9.93. The van der Waals surface area contributed by atoms with Crippen molar-refractivity contribution in [1.82, 2.24) is 0 Å². The Balaban J connectivity index is 2.78. The number of carbonyl (C=O) groups is 1. The average Bonchev–Trinajstić information content (AvgIpc) is 2.28. The molecule has 88 valence electrons. The number of hydrogen-bond donors (Lipinski definition) is 2. The van der Waals surface area contributed by atoms with E-state index in [0.29, 0.717) is 23.6 Å². The number of halogens is 1. The Morgan fingerprint density at radius 2 is 2.06 bits per heavy atom. The zero-order chi connectivity index (χ0) is 12.2. The van der Waals surface area contributed by atoms with Crippen LogP contribution in [-0.2, 0) is 4.79 Å². The third-order valence-electron chi connectivity index (χ3n) is 2.80. The van der Waals surface area contributed by atoms with E-state index in [-0.39, 0.29) is 5.91 Å². The van der Waals surface area contributed by atoms with Crippen LogP contribution < -0.4 is 11.1 Å². The van der Waals surface area contributed by atoms with Gasteiger partial charge in [-0.25, -0.2) is 0 Å². The van der Waals surface area contributed by atoms with Crippen molar-refractivity contribution in [2.75, 3.05) is 5.32 Å². The van der Waals surface area contributed by atoms with E-state index < -0.39 is 5.54 Å². The van der Waals surface area contributed by atoms with E-state index >= 15 is 0 Å². The Labute approximate surface area is 101 Å². The molecule has 4 heteroatoms. The van der Waals surface area contributed by atoms with E-state index in [1.165, 1.54) is 0 Å². The third-order valence-corrected chi connectivity index (χ3v) is 3.03. The maximum absolute atomic E-state index is 11.9. The van der Waals surface area contributed by atoms with Crippen molar-refractivity contribution in [2.45, 2.75) is 32.2 Å². The van der Waals surface area contributed by atoms with Gasteiger partial charge in [0.1, 0.15) is 0 Å². The SMILES string of the molecule is CCC(N)(CC)C(=O)Nc1cccc(Cl)c1. The standard InChI is InChI=1S/C12H17ClN2O/c1-3-12(14,4-2)11(16)15-10-7-5-6-9(13)8-10/h5-8H,3-4,14H2,1-2H3,(H,15,16). The lowest BCUT2D eigenvalue weighted by Crippen LogP contribution is -2.50. The van der Waals surface area contributed by atoms with Gasteiger partial charge < -0.3 is 11.1 Å². The Morgan fingerprint density at radius 3 is 2.56 bits per heavy atom. The van der Waals surface area contributed by atoms with Crippen LogP contribution >= 0.6 is 11.6 Å². The summed E-state index contributed by atoms with van der Waals surface area (Å²) in [5, 5.41) is 3.37. The summed E-state index contributed by atoms with van der Waals surface area (Å²) in [7, 11) is 0. The summed E-state index contributed by atoms with van der Waals surface area (Å²) in [4.78, 5) is 11.9. The Bertz CT molecular complexity index is 375. The summed E-state index contributed by atoms with van der Waals surface area (Å²) in [6.45, 7) is 3.81. The zero-order valence-electron chi connectivity index (χ0n) is 9.59. The van der Waals surface area contributed by atoms with E-state index in [0.717, 1.165) is 0 Å². The molecule has 0 aliphatic heterocycles. The van der Waals surface area contributed by atoms with Crippen molar-refractivity contribution in [3.63, 3.8) is 0 Å². The fraction of sp³-hybridized carbons (Fsp3) is 0.417. The molecule has 0 aromatic heterocycles. The number of amides is 1. The number of benzene rings is 1. The highest BCUT2D eigenvalue weighted by molar-refractivity contribution is 6.30. The van der Waals surface area contributed by atoms with Crippen molar-refractivity contribution in [2.24, 2.45) is 5.73 Å². The molecule has 0 saturated carbocycles. The minimum Gasteiger partial charge on any atom is -0.324 e. The van der Waals surface area contributed by atoms with Crippen LogP contribution in [0.5, 0.6) is 0 Å². The first-order valence-corrected chi connectivity index (χ1v) is 5.75. The molecule has 1 aromatic rings. The molecular formula is C12H17ClN2O. The molecule has 0 spiro atoms. The van der Waals surface area contributed by atoms with Crippen LogP contribution in [0, 0.1) is 0 Å². The number of rotatable bonds is 4. The topological polar surface area (TPSA) is 55.1 Å². The summed E-state index contributed by atoms with van der Waals surface area (Å²) in [6.07, 6.45) is 1.21. The lowest BCUT2D eigenvalue weighted by Gasteiger charge is -2.25. The molecule has 16 heavy (non-hydrogen) atoms. The van der Waals surface area contributed by atoms with Crippen LogP contribution in [0.3, 0.4) is 0 Å². The predicted molar refractivity (Wildman–Crippen MR) is 67.6 cm³/mol. The Hall–Kier alpha value is -1.06. The van der Waals surface area contributed by atoms with Crippen molar-refractivity contribution in [3.8, 4) is 0 Å². The fourth-order valence-corrected chi connectivity index (χ4v) is 1.58. The molecule has 3 N–H and O–H groups in total. The fourth-order valence-electron chi connectivity index (χ4n) is 1.39. The molecule has 1 aromatic carbocycles. The normalized spacial score (nSPS) is 11.2. The highest BCUT2D eigenvalue weighted by Gasteiger charge is 2.29. The van der Waals surface area contributed by atoms with Crippen molar-refractivity contribution in [1.29, 1.82) is 0 Å². The summed E-state index contributed by atoms with van der Waals surface area (Å²) in [5.41, 5.74) is 5.85. The van der Waals surface area contributed by atoms with Gasteiger partial charge in [0.25, 0.3) is 0 Å². The first-order valence-electron chi connectivity index (χ1n) is 5.37. The van der Waals surface area contributed by atoms with E-state index in [1.807, 2.05) is 13.8 Å². The van der Waals surface area contributed by atoms with E-state index in [9.17, 15) is 4.79 Å². The van der Waals surface area contributed by atoms with Crippen LogP contribution in [0.2, 0.25) is 5.02 Å². The van der Waals surface area contributed by atoms with Gasteiger partial charge >= 0.3 is 0 Å². The van der Waals surface area contributed by atoms with E-state index in [4.69, 9.17) is 17.3 Å². The summed E-state index contributed by atoms with van der Waals surface area (Å²) < 4.78 is 0. The van der Waals surface area contributed by atoms with Crippen molar-refractivity contribution < 1.29 is 4.79 Å². The van der Waals surface area contributed by atoms with E-state index in [1.54, 1.807) is 24.3 Å². The van der Waals surface area contributed by atoms with Crippen LogP contribution in [0.25, 0.3) is 0 Å². The van der Waals surface area contributed by atoms with E-state index in [2.05, 4.69) is 5.32 Å². The molecule has 1 rings (SSSR count). The van der Waals surface area contributed by atoms with Gasteiger partial charge in [0.2, 0.25) is 5.91 Å². The minimum absolute atomic E-state index is 0.167. The van der Waals surface area contributed by atoms with Gasteiger partial charge in [-0.15, -0.1) is 0 Å². The molecule has 0 heterocycles. The molecule has 0 radical (unpaired) electrons. The van der Waals surface area contributed by atoms with Crippen LogP contribution in [0.4, 0.5) is 5.69 Å². The molecule has 0 aliphatic carbocycles. The zero-order valence-corrected chi connectivity index (χ0v) is 10.3. The van der Waals surface area contributed by atoms with Gasteiger partial charge in [0.15, 0.2) is 0 Å². The lowest BCUT2D eigenvalue weighted by molar-refractivity contribution is -0.121. The van der Waals surface area contributed by atoms with Gasteiger partial charge in [0.05, 0.1) is 5.54 Å². The molecule has 1 amide bonds. The maximum Gasteiger partial charge on any atom is 0.244 e. The highest BCUT2D eigenvalue weighted by atomic mass is 35.5. The molecule has 0 unspecified atom stereocenters. The molecule has 0 atom stereocenters. The molecule has 0 fully saturated rings. The number of hydrogen-bond acceptors (Lipinski definition) is 2. The second-order valence-electron chi connectivity index (χ2n) is 3.83. The number of anilines is 1. The van der Waals surface area contributed by atoms with Gasteiger partial charge in [-0.2, -0.15) is 0 Å². The Kier molecular flexibility index (Phi) is 4.33. The van der Waals surface area contributed by atoms with Crippen LogP contribution in [-0.4, -0.2) is 11.4 Å². The number of carbonyl (C=O) groups excluding carboxylic acids is 1. The van der Waals surface area contributed by atoms with Gasteiger partial charge in [-0.3, -0.25) is 4.79 Å². The number of nitrogens with one attached hydrogen (secondary N) is 1. The number of nitrogens with two attached hydrogens (primary N) is 1. The first kappa shape index (κ1) is 13.0. The summed E-state index contributed by atoms with van der Waals surface area (Å²) >= 11 is 5.83. The summed E-state index contributed by atoms with van der Waals surface area (Å²) in [6, 6.07) is 7.03. The molecule has 0 saturated heterocycles. The monoisotopic (exact) mass is 240 g/mol. The first-order chi connectivity index (χ1) is 7.51. The van der Waals surface area contributed by atoms with Gasteiger partial charge in [0, 0.05) is 10.7 Å². The quantitative estimate of drug-likeness (QED) is 0.850. The van der Waals surface area contributed by atoms with Crippen molar-refractivity contribution in [3.05, 3.63) is 29.3 Å². The average molecular weight is 241 g/mol. The molecule has 0 bridgehead atoms. The van der Waals surface area contributed by atoms with Crippen LogP contribution in [0.1, 0.15) is 26.7 Å². The van der Waals surface area contributed by atoms with Crippen LogP contribution in [0.15, 0.2) is 24.3 Å². The minimum atomic E-state index is -0.803. The smallest absolute Gasteiger partial charge is 0.244 e. The van der Waals surface area contributed by atoms with Gasteiger partial charge in [-0.1, -0.05) is 31.5 Å². The van der Waals surface area contributed by atoms with Gasteiger partial charge in [-0.05, 0) is 31.0 Å². The Morgan fingerprint density at radius 1 is 1.44 bits per heavy atom.